The van der Waals surface area contributed by atoms with Gasteiger partial charge < -0.3 is 57.2 Å². The Balaban J connectivity index is 0.000000117. The van der Waals surface area contributed by atoms with Crippen molar-refractivity contribution in [3.8, 4) is 23.0 Å². The highest BCUT2D eigenvalue weighted by molar-refractivity contribution is 6.42. The summed E-state index contributed by atoms with van der Waals surface area (Å²) in [4.78, 5) is 79.1. The lowest BCUT2D eigenvalue weighted by Crippen LogP contribution is -2.52. The van der Waals surface area contributed by atoms with E-state index in [1.165, 1.54) is 50.5 Å². The summed E-state index contributed by atoms with van der Waals surface area (Å²) < 4.78 is 30.9. The average Bonchev–Trinajstić information content (AvgIpc) is 1.58. The Morgan fingerprint density at radius 2 is 0.754 bits per heavy atom. The molecule has 1 N–H and O–H groups in total. The van der Waals surface area contributed by atoms with Crippen LogP contribution in [-0.2, 0) is 71.5 Å². The summed E-state index contributed by atoms with van der Waals surface area (Å²) in [6.45, 7) is 24.2. The number of halogens is 4. The van der Waals surface area contributed by atoms with Gasteiger partial charge in [-0.15, -0.1) is 0 Å². The maximum Gasteiger partial charge on any atom is 0.236 e. The van der Waals surface area contributed by atoms with Crippen molar-refractivity contribution in [2.24, 2.45) is 0 Å². The number of carbonyl (C=O) groups is 4. The minimum Gasteiger partial charge on any atom is -0.454 e. The number of hydrogen-bond acceptors (Lipinski definition) is 16. The second-order valence-corrected chi connectivity index (χ2v) is 36.3. The van der Waals surface area contributed by atoms with Crippen molar-refractivity contribution >= 4 is 70.0 Å². The molecule has 14 heterocycles. The van der Waals surface area contributed by atoms with Gasteiger partial charge in [0, 0.05) is 227 Å². The first-order chi connectivity index (χ1) is 63.6. The van der Waals surface area contributed by atoms with Crippen molar-refractivity contribution in [2.75, 3.05) is 144 Å². The topological polar surface area (TPSA) is 182 Å². The number of ether oxygens (including phenoxy) is 4. The number of pyridine rings is 1. The molecule has 4 amide bonds. The van der Waals surface area contributed by atoms with Crippen LogP contribution in [0.4, 0.5) is 0 Å². The number of piperazine rings is 3. The zero-order valence-electron chi connectivity index (χ0n) is 73.3. The molecule has 12 aromatic rings. The predicted molar refractivity (Wildman–Crippen MR) is 505 cm³/mol. The molecule has 21 rings (SSSR count). The van der Waals surface area contributed by atoms with Crippen LogP contribution >= 0.6 is 46.4 Å². The van der Waals surface area contributed by atoms with Gasteiger partial charge in [0.2, 0.25) is 37.2 Å². The van der Waals surface area contributed by atoms with Gasteiger partial charge in [-0.1, -0.05) is 161 Å². The van der Waals surface area contributed by atoms with Crippen LogP contribution in [0.3, 0.4) is 0 Å². The maximum atomic E-state index is 13.4. The molecule has 0 radical (unpaired) electrons. The van der Waals surface area contributed by atoms with Gasteiger partial charge in [0.25, 0.3) is 0 Å². The molecule has 0 spiro atoms. The fourth-order valence-electron chi connectivity index (χ4n) is 19.3. The number of fused-ring (bicyclic) bond motifs is 6. The van der Waals surface area contributed by atoms with Gasteiger partial charge in [-0.2, -0.15) is 0 Å². The number of nitrogens with zero attached hydrogens (tertiary/aromatic N) is 15. The molecule has 3 fully saturated rings. The summed E-state index contributed by atoms with van der Waals surface area (Å²) in [5.74, 6) is 3.89. The van der Waals surface area contributed by atoms with Crippen LogP contribution in [0, 0.1) is 6.92 Å². The van der Waals surface area contributed by atoms with E-state index in [9.17, 15) is 19.2 Å². The van der Waals surface area contributed by atoms with Crippen molar-refractivity contribution in [3.05, 3.63) is 349 Å². The number of nitrogens with one attached hydrogen (secondary N) is 1. The Morgan fingerprint density at radius 1 is 0.346 bits per heavy atom. The number of amides is 4. The van der Waals surface area contributed by atoms with Crippen molar-refractivity contribution in [1.29, 1.82) is 0 Å². The van der Waals surface area contributed by atoms with Crippen LogP contribution < -0.4 is 24.3 Å². The molecule has 9 aliphatic heterocycles. The van der Waals surface area contributed by atoms with Gasteiger partial charge in [0.15, 0.2) is 23.0 Å². The van der Waals surface area contributed by atoms with Crippen molar-refractivity contribution in [2.45, 2.75) is 83.4 Å². The fraction of sp³-hybridized carbons (Fsp3) is 0.343. The standard InChI is InChI=1S/C28H32N4O3.C27H29ClN4O3.C26H29ClN4O.C21H20Cl2N4O/c1-21-4-7-23(8-5-21)28-24-3-2-10-30(24)15-16-32(28)19-27(33)31-13-11-29(12-14-31)18-22-6-9-25-26(17-22)35-20-34-25;28-22-5-2-1-4-21(22)27-23-6-3-9-30(23)14-15-32(27)18-26(33)31-12-10-29(11-13-31)17-20-7-8-24-25(16-20)35-19-34-24;27-23-10-8-22(9-11-23)26-24-7-4-12-29(24)17-18-31(26)20-25(32)30-15-13-28(14-16-30)19-21-5-2-1-3-6-21;22-17-6-5-16(11-18(17)23)21-19-4-2-8-26(19)9-10-27(21)14-20(28)25-13-15-3-1-7-24-12-15/h2-10,17,28H,11-16,18-20H2,1H3;1-9,16,27H,10-15,17-19H2;1-12,26H,13-20H2;1-8,11-12,21H,9-10,13-14H2,(H,25,28). The molecule has 0 saturated carbocycles. The Hall–Kier alpha value is -11.2. The van der Waals surface area contributed by atoms with E-state index in [1.54, 1.807) is 12.4 Å². The maximum absolute atomic E-state index is 13.4. The molecule has 0 aliphatic carbocycles. The summed E-state index contributed by atoms with van der Waals surface area (Å²) in [5.41, 5.74) is 15.3. The normalized spacial score (nSPS) is 19.3. The summed E-state index contributed by atoms with van der Waals surface area (Å²) in [6.07, 6.45) is 11.9. The van der Waals surface area contributed by atoms with Gasteiger partial charge in [0.05, 0.1) is 60.4 Å². The molecule has 7 aromatic carbocycles. The highest BCUT2D eigenvalue weighted by atomic mass is 35.5. The number of benzene rings is 7. The minimum absolute atomic E-state index is 0.0195. The van der Waals surface area contributed by atoms with Gasteiger partial charge in [-0.3, -0.25) is 58.5 Å². The van der Waals surface area contributed by atoms with Crippen molar-refractivity contribution < 1.29 is 38.1 Å². The molecule has 130 heavy (non-hydrogen) atoms. The van der Waals surface area contributed by atoms with Crippen LogP contribution in [0.1, 0.15) is 97.0 Å². The Kier molecular flexibility index (Phi) is 28.8. The van der Waals surface area contributed by atoms with Gasteiger partial charge >= 0.3 is 0 Å². The quantitative estimate of drug-likeness (QED) is 0.0760. The van der Waals surface area contributed by atoms with Crippen LogP contribution in [0.2, 0.25) is 20.1 Å². The first-order valence-corrected chi connectivity index (χ1v) is 46.6. The van der Waals surface area contributed by atoms with E-state index >= 15 is 0 Å². The third-order valence-corrected chi connectivity index (χ3v) is 27.6. The summed E-state index contributed by atoms with van der Waals surface area (Å²) in [7, 11) is 0. The monoisotopic (exact) mass is 1830 g/mol. The molecule has 0 bridgehead atoms. The largest absolute Gasteiger partial charge is 0.454 e. The molecule has 24 nitrogen and oxygen atoms in total. The van der Waals surface area contributed by atoms with Gasteiger partial charge in [-0.25, -0.2) is 0 Å². The van der Waals surface area contributed by atoms with Gasteiger partial charge in [-0.05, 0) is 161 Å². The summed E-state index contributed by atoms with van der Waals surface area (Å²) >= 11 is 25.1. The number of aryl methyl sites for hydroxylation is 1. The second kappa shape index (κ2) is 41.9. The molecule has 4 unspecified atom stereocenters. The smallest absolute Gasteiger partial charge is 0.236 e. The summed E-state index contributed by atoms with van der Waals surface area (Å²) in [5, 5.41) is 5.49. The van der Waals surface area contributed by atoms with Crippen LogP contribution in [-0.4, -0.2) is 240 Å². The number of carbonyl (C=O) groups excluding carboxylic acids is 4. The Morgan fingerprint density at radius 3 is 1.22 bits per heavy atom. The van der Waals surface area contributed by atoms with Crippen LogP contribution in [0.15, 0.2) is 256 Å². The van der Waals surface area contributed by atoms with Crippen LogP contribution in [0.25, 0.3) is 0 Å². The highest BCUT2D eigenvalue weighted by Gasteiger charge is 2.38. The number of hydrogen-bond donors (Lipinski definition) is 1. The van der Waals surface area contributed by atoms with E-state index in [0.29, 0.717) is 56.4 Å². The highest BCUT2D eigenvalue weighted by Crippen LogP contribution is 2.41. The van der Waals surface area contributed by atoms with Crippen molar-refractivity contribution in [3.63, 3.8) is 0 Å². The van der Waals surface area contributed by atoms with Gasteiger partial charge in [0.1, 0.15) is 0 Å². The van der Waals surface area contributed by atoms with E-state index < -0.39 is 0 Å². The molecule has 28 heteroatoms. The molecular formula is C102H110Cl4N16O8. The number of aromatic nitrogens is 5. The van der Waals surface area contributed by atoms with E-state index in [-0.39, 0.29) is 47.8 Å². The zero-order chi connectivity index (χ0) is 89.0. The lowest BCUT2D eigenvalue weighted by Gasteiger charge is -2.40. The van der Waals surface area contributed by atoms with E-state index in [0.717, 1.165) is 206 Å². The molecule has 3 saturated heterocycles. The first-order valence-electron chi connectivity index (χ1n) is 45.1. The van der Waals surface area contributed by atoms with Crippen molar-refractivity contribution in [1.82, 2.24) is 77.6 Å². The lowest BCUT2D eigenvalue weighted by atomic mass is 9.99. The third-order valence-electron chi connectivity index (χ3n) is 26.3. The number of rotatable bonds is 20. The van der Waals surface area contributed by atoms with E-state index in [1.807, 2.05) is 93.6 Å². The molecule has 4 atom stereocenters. The molecular weight excluding hydrogens is 1720 g/mol. The molecule has 5 aromatic heterocycles. The predicted octanol–water partition coefficient (Wildman–Crippen LogP) is 14.7. The zero-order valence-corrected chi connectivity index (χ0v) is 76.3. The molecule has 674 valence electrons. The first kappa shape index (κ1) is 89.4. The summed E-state index contributed by atoms with van der Waals surface area (Å²) in [6, 6.07) is 74.0. The SMILES string of the molecule is Cc1ccc(C2c3cccn3CCN2CC(=O)N2CCN(Cc3ccc4c(c3)OCO4)CC2)cc1.O=C(CN1CCn2cccc2C1c1ccc(Cl)c(Cl)c1)NCc1cccnc1.O=C(CN1CCn2cccc2C1c1ccc(Cl)cc1)N1CCN(Cc2ccccc2)CC1.O=C(CN1CCn2cccc2C1c1ccccc1Cl)N1CCN(Cc2ccc3c(c2)OCO3)CC1. The average molecular weight is 1830 g/mol. The van der Waals surface area contributed by atoms with E-state index in [4.69, 9.17) is 65.4 Å². The fourth-order valence-corrected chi connectivity index (χ4v) is 20.0. The van der Waals surface area contributed by atoms with Crippen LogP contribution in [0.5, 0.6) is 23.0 Å². The minimum atomic E-state index is -0.0531. The second-order valence-electron chi connectivity index (χ2n) is 34.6. The Bertz CT molecular complexity index is 5850. The third kappa shape index (κ3) is 21.5. The Labute approximate surface area is 780 Å². The van der Waals surface area contributed by atoms with E-state index in [2.05, 4.69) is 234 Å². The molecule has 9 aliphatic rings. The lowest BCUT2D eigenvalue weighted by molar-refractivity contribution is -0.135.